The minimum atomic E-state index is -0.000871. The van der Waals surface area contributed by atoms with Crippen molar-refractivity contribution in [2.24, 2.45) is 7.05 Å². The van der Waals surface area contributed by atoms with Gasteiger partial charge in [-0.25, -0.2) is 0 Å². The summed E-state index contributed by atoms with van der Waals surface area (Å²) in [7, 11) is 1.88. The standard InChI is InChI=1S/C19H24N4O/c1-13-8-14(2)17-12-22(6-4-15(17)9-13)18-5-7-23(19(18)24)16-10-20-21(3)11-16/h8-11,18H,4-7,12H2,1-3H3. The summed E-state index contributed by atoms with van der Waals surface area (Å²) in [6.07, 6.45) is 5.62. The topological polar surface area (TPSA) is 41.4 Å². The molecule has 2 aliphatic heterocycles. The Morgan fingerprint density at radius 2 is 2.04 bits per heavy atom. The van der Waals surface area contributed by atoms with Crippen LogP contribution in [0.15, 0.2) is 24.5 Å². The van der Waals surface area contributed by atoms with E-state index in [1.54, 1.807) is 10.9 Å². The fourth-order valence-electron chi connectivity index (χ4n) is 4.15. The summed E-state index contributed by atoms with van der Waals surface area (Å²) in [6.45, 7) is 6.98. The first-order valence-electron chi connectivity index (χ1n) is 8.66. The Balaban J connectivity index is 1.54. The fraction of sp³-hybridized carbons (Fsp3) is 0.474. The highest BCUT2D eigenvalue weighted by molar-refractivity contribution is 5.99. The van der Waals surface area contributed by atoms with E-state index in [0.717, 1.165) is 38.2 Å². The van der Waals surface area contributed by atoms with E-state index in [4.69, 9.17) is 0 Å². The molecule has 0 radical (unpaired) electrons. The summed E-state index contributed by atoms with van der Waals surface area (Å²) in [5.41, 5.74) is 6.47. The molecule has 1 fully saturated rings. The van der Waals surface area contributed by atoms with E-state index in [-0.39, 0.29) is 11.9 Å². The molecule has 5 heteroatoms. The van der Waals surface area contributed by atoms with Gasteiger partial charge < -0.3 is 4.90 Å². The summed E-state index contributed by atoms with van der Waals surface area (Å²) in [5.74, 6) is 0.219. The number of nitrogens with zero attached hydrogens (tertiary/aromatic N) is 4. The van der Waals surface area contributed by atoms with Crippen molar-refractivity contribution >= 4 is 11.6 Å². The summed E-state index contributed by atoms with van der Waals surface area (Å²) in [4.78, 5) is 17.2. The predicted molar refractivity (Wildman–Crippen MR) is 94.0 cm³/mol. The van der Waals surface area contributed by atoms with Gasteiger partial charge in [0, 0.05) is 32.9 Å². The molecule has 2 aromatic rings. The molecule has 0 bridgehead atoms. The number of benzene rings is 1. The van der Waals surface area contributed by atoms with Crippen molar-refractivity contribution in [3.05, 3.63) is 46.8 Å². The maximum Gasteiger partial charge on any atom is 0.244 e. The van der Waals surface area contributed by atoms with Crippen LogP contribution >= 0.6 is 0 Å². The van der Waals surface area contributed by atoms with Crippen LogP contribution in [-0.4, -0.2) is 39.7 Å². The Hall–Kier alpha value is -2.14. The number of rotatable bonds is 2. The molecule has 1 aromatic heterocycles. The van der Waals surface area contributed by atoms with Gasteiger partial charge in [-0.2, -0.15) is 5.10 Å². The predicted octanol–water partition coefficient (Wildman–Crippen LogP) is 2.20. The van der Waals surface area contributed by atoms with E-state index in [1.807, 2.05) is 18.1 Å². The second kappa shape index (κ2) is 5.74. The van der Waals surface area contributed by atoms with Crippen molar-refractivity contribution in [2.45, 2.75) is 39.3 Å². The van der Waals surface area contributed by atoms with Gasteiger partial charge in [0.2, 0.25) is 5.91 Å². The highest BCUT2D eigenvalue weighted by Gasteiger charge is 2.38. The summed E-state index contributed by atoms with van der Waals surface area (Å²) >= 11 is 0. The molecule has 5 nitrogen and oxygen atoms in total. The molecule has 2 aliphatic rings. The fourth-order valence-corrected chi connectivity index (χ4v) is 4.15. The Bertz CT molecular complexity index is 795. The second-order valence-corrected chi connectivity index (χ2v) is 7.11. The van der Waals surface area contributed by atoms with Crippen LogP contribution in [0.4, 0.5) is 5.69 Å². The lowest BCUT2D eigenvalue weighted by atomic mass is 9.92. The van der Waals surface area contributed by atoms with Crippen LogP contribution in [0.3, 0.4) is 0 Å². The van der Waals surface area contributed by atoms with Crippen molar-refractivity contribution in [3.8, 4) is 0 Å². The van der Waals surface area contributed by atoms with E-state index in [2.05, 4.69) is 36.0 Å². The van der Waals surface area contributed by atoms with Crippen molar-refractivity contribution in [1.82, 2.24) is 14.7 Å². The number of anilines is 1. The third kappa shape index (κ3) is 2.53. The first kappa shape index (κ1) is 15.4. The third-order valence-corrected chi connectivity index (χ3v) is 5.36. The first-order chi connectivity index (χ1) is 11.5. The molecule has 1 saturated heterocycles. The molecular weight excluding hydrogens is 300 g/mol. The van der Waals surface area contributed by atoms with E-state index in [9.17, 15) is 4.79 Å². The van der Waals surface area contributed by atoms with Crippen LogP contribution in [0, 0.1) is 13.8 Å². The summed E-state index contributed by atoms with van der Waals surface area (Å²) in [5, 5.41) is 4.19. The number of hydrogen-bond acceptors (Lipinski definition) is 3. The van der Waals surface area contributed by atoms with Gasteiger partial charge in [0.1, 0.15) is 0 Å². The zero-order valence-electron chi connectivity index (χ0n) is 14.6. The average molecular weight is 324 g/mol. The van der Waals surface area contributed by atoms with Gasteiger partial charge in [-0.15, -0.1) is 0 Å². The highest BCUT2D eigenvalue weighted by Crippen LogP contribution is 2.29. The van der Waals surface area contributed by atoms with Crippen LogP contribution in [0.5, 0.6) is 0 Å². The van der Waals surface area contributed by atoms with E-state index in [0.29, 0.717) is 0 Å². The largest absolute Gasteiger partial charge is 0.308 e. The van der Waals surface area contributed by atoms with Gasteiger partial charge in [-0.3, -0.25) is 14.4 Å². The molecular formula is C19H24N4O. The Kier molecular flexibility index (Phi) is 3.68. The molecule has 1 amide bonds. The first-order valence-corrected chi connectivity index (χ1v) is 8.66. The van der Waals surface area contributed by atoms with Gasteiger partial charge >= 0.3 is 0 Å². The Morgan fingerprint density at radius 3 is 2.79 bits per heavy atom. The van der Waals surface area contributed by atoms with Crippen LogP contribution in [0.2, 0.25) is 0 Å². The van der Waals surface area contributed by atoms with E-state index >= 15 is 0 Å². The zero-order valence-corrected chi connectivity index (χ0v) is 14.6. The molecule has 126 valence electrons. The molecule has 0 aliphatic carbocycles. The molecule has 0 spiro atoms. The number of fused-ring (bicyclic) bond motifs is 1. The monoisotopic (exact) mass is 324 g/mol. The molecule has 1 aromatic carbocycles. The van der Waals surface area contributed by atoms with Gasteiger partial charge in [0.25, 0.3) is 0 Å². The highest BCUT2D eigenvalue weighted by atomic mass is 16.2. The SMILES string of the molecule is Cc1cc(C)c2c(c1)CCN(C1CCN(c3cnn(C)c3)C1=O)C2. The lowest BCUT2D eigenvalue weighted by molar-refractivity contribution is -0.122. The zero-order chi connectivity index (χ0) is 16.8. The van der Waals surface area contributed by atoms with Gasteiger partial charge in [0.15, 0.2) is 0 Å². The van der Waals surface area contributed by atoms with Crippen LogP contribution in [-0.2, 0) is 24.8 Å². The van der Waals surface area contributed by atoms with Gasteiger partial charge in [-0.1, -0.05) is 17.7 Å². The molecule has 3 heterocycles. The minimum Gasteiger partial charge on any atom is -0.308 e. The lowest BCUT2D eigenvalue weighted by Gasteiger charge is -2.33. The average Bonchev–Trinajstić information content (AvgIpc) is 3.13. The van der Waals surface area contributed by atoms with Crippen LogP contribution in [0.1, 0.15) is 28.7 Å². The Labute approximate surface area is 142 Å². The number of aryl methyl sites for hydroxylation is 3. The normalized spacial score (nSPS) is 21.4. The van der Waals surface area contributed by atoms with Crippen LogP contribution in [0.25, 0.3) is 0 Å². The quantitative estimate of drug-likeness (QED) is 0.850. The number of amides is 1. The lowest BCUT2D eigenvalue weighted by Crippen LogP contribution is -2.44. The molecule has 24 heavy (non-hydrogen) atoms. The maximum atomic E-state index is 12.9. The number of aromatic nitrogens is 2. The Morgan fingerprint density at radius 1 is 1.21 bits per heavy atom. The maximum absolute atomic E-state index is 12.9. The molecule has 4 rings (SSSR count). The van der Waals surface area contributed by atoms with Crippen molar-refractivity contribution in [2.75, 3.05) is 18.0 Å². The van der Waals surface area contributed by atoms with Gasteiger partial charge in [0.05, 0.1) is 17.9 Å². The van der Waals surface area contributed by atoms with Gasteiger partial charge in [-0.05, 0) is 43.4 Å². The van der Waals surface area contributed by atoms with E-state index < -0.39 is 0 Å². The van der Waals surface area contributed by atoms with Crippen molar-refractivity contribution in [1.29, 1.82) is 0 Å². The number of carbonyl (C=O) groups is 1. The van der Waals surface area contributed by atoms with Crippen molar-refractivity contribution < 1.29 is 4.79 Å². The molecule has 1 unspecified atom stereocenters. The summed E-state index contributed by atoms with van der Waals surface area (Å²) < 4.78 is 1.75. The molecule has 1 atom stereocenters. The number of carbonyl (C=O) groups excluding carboxylic acids is 1. The second-order valence-electron chi connectivity index (χ2n) is 7.11. The molecule has 0 N–H and O–H groups in total. The minimum absolute atomic E-state index is 0.000871. The molecule has 0 saturated carbocycles. The summed E-state index contributed by atoms with van der Waals surface area (Å²) in [6, 6.07) is 4.55. The number of hydrogen-bond donors (Lipinski definition) is 0. The smallest absolute Gasteiger partial charge is 0.244 e. The van der Waals surface area contributed by atoms with E-state index in [1.165, 1.54) is 22.3 Å². The third-order valence-electron chi connectivity index (χ3n) is 5.36. The van der Waals surface area contributed by atoms with Crippen molar-refractivity contribution in [3.63, 3.8) is 0 Å². The van der Waals surface area contributed by atoms with Crippen LogP contribution < -0.4 is 4.90 Å².